The van der Waals surface area contributed by atoms with Crippen molar-refractivity contribution < 1.29 is 9.59 Å². The van der Waals surface area contributed by atoms with E-state index in [1.165, 1.54) is 0 Å². The summed E-state index contributed by atoms with van der Waals surface area (Å²) < 4.78 is 0. The van der Waals surface area contributed by atoms with Crippen LogP contribution in [0.15, 0.2) is 10.6 Å². The number of ketones is 2. The van der Waals surface area contributed by atoms with Crippen LogP contribution in [-0.2, 0) is 9.59 Å². The summed E-state index contributed by atoms with van der Waals surface area (Å²) in [6, 6.07) is 0. The minimum atomic E-state index is -0.107. The number of Topliss-reactive ketones (excluding diaryl/α,β-unsaturated/α-hetero) is 2. The molecule has 3 heteroatoms. The van der Waals surface area contributed by atoms with Crippen LogP contribution in [0.1, 0.15) is 46.5 Å². The molecule has 0 fully saturated rings. The van der Waals surface area contributed by atoms with Gasteiger partial charge in [-0.1, -0.05) is 32.4 Å². The van der Waals surface area contributed by atoms with Crippen molar-refractivity contribution in [1.29, 1.82) is 0 Å². The zero-order valence-electron chi connectivity index (χ0n) is 9.52. The molecule has 1 rings (SSSR count). The number of hydrogen-bond acceptors (Lipinski definition) is 2. The first-order chi connectivity index (χ1) is 6.87. The van der Waals surface area contributed by atoms with E-state index < -0.39 is 0 Å². The van der Waals surface area contributed by atoms with E-state index in [0.717, 1.165) is 6.42 Å². The van der Waals surface area contributed by atoms with Gasteiger partial charge in [0.15, 0.2) is 11.6 Å². The van der Waals surface area contributed by atoms with Crippen molar-refractivity contribution in [3.05, 3.63) is 10.6 Å². The molecule has 0 saturated heterocycles. The lowest BCUT2D eigenvalue weighted by Gasteiger charge is -2.29. The molecule has 0 aromatic rings. The quantitative estimate of drug-likeness (QED) is 0.695. The topological polar surface area (TPSA) is 34.1 Å². The van der Waals surface area contributed by atoms with Crippen molar-refractivity contribution >= 4 is 23.2 Å². The molecular weight excluding hydrogens is 212 g/mol. The van der Waals surface area contributed by atoms with Crippen molar-refractivity contribution in [2.45, 2.75) is 46.5 Å². The Balaban J connectivity index is 2.97. The molecule has 0 amide bonds. The summed E-state index contributed by atoms with van der Waals surface area (Å²) in [6.07, 6.45) is 2.22. The summed E-state index contributed by atoms with van der Waals surface area (Å²) in [5.41, 5.74) is 0.155. The summed E-state index contributed by atoms with van der Waals surface area (Å²) in [6.45, 7) is 5.91. The van der Waals surface area contributed by atoms with E-state index in [0.29, 0.717) is 24.3 Å². The Morgan fingerprint density at radius 3 is 2.47 bits per heavy atom. The van der Waals surface area contributed by atoms with Gasteiger partial charge >= 0.3 is 0 Å². The van der Waals surface area contributed by atoms with Crippen molar-refractivity contribution in [3.8, 4) is 0 Å². The molecule has 15 heavy (non-hydrogen) atoms. The van der Waals surface area contributed by atoms with E-state index in [1.54, 1.807) is 0 Å². The van der Waals surface area contributed by atoms with E-state index in [-0.39, 0.29) is 22.6 Å². The molecule has 0 atom stereocenters. The minimum absolute atomic E-state index is 0.0882. The molecule has 84 valence electrons. The molecule has 0 radical (unpaired) electrons. The summed E-state index contributed by atoms with van der Waals surface area (Å²) in [5, 5.41) is 0.453. The average molecular weight is 229 g/mol. The maximum absolute atomic E-state index is 11.8. The van der Waals surface area contributed by atoms with E-state index in [4.69, 9.17) is 11.6 Å². The number of halogens is 1. The van der Waals surface area contributed by atoms with Gasteiger partial charge in [0.05, 0.1) is 5.57 Å². The van der Waals surface area contributed by atoms with Crippen LogP contribution in [0.5, 0.6) is 0 Å². The number of carbonyl (C=O) groups is 2. The first-order valence-corrected chi connectivity index (χ1v) is 5.70. The fourth-order valence-corrected chi connectivity index (χ4v) is 2.48. The highest BCUT2D eigenvalue weighted by Gasteiger charge is 2.34. The van der Waals surface area contributed by atoms with Crippen molar-refractivity contribution in [2.24, 2.45) is 5.41 Å². The van der Waals surface area contributed by atoms with Crippen molar-refractivity contribution in [1.82, 2.24) is 0 Å². The fraction of sp³-hybridized carbons (Fsp3) is 0.667. The molecule has 0 heterocycles. The normalized spacial score (nSPS) is 20.7. The fourth-order valence-electron chi connectivity index (χ4n) is 1.90. The number of allylic oxidation sites excluding steroid dienone is 2. The van der Waals surface area contributed by atoms with Gasteiger partial charge in [0, 0.05) is 17.9 Å². The predicted octanol–water partition coefficient (Wildman–Crippen LogP) is 3.24. The Hall–Kier alpha value is -0.630. The maximum atomic E-state index is 11.8. The second-order valence-electron chi connectivity index (χ2n) is 4.89. The van der Waals surface area contributed by atoms with Crippen LogP contribution < -0.4 is 0 Å². The summed E-state index contributed by atoms with van der Waals surface area (Å²) in [7, 11) is 0. The molecule has 1 aliphatic carbocycles. The molecule has 0 bridgehead atoms. The van der Waals surface area contributed by atoms with Gasteiger partial charge < -0.3 is 0 Å². The van der Waals surface area contributed by atoms with Crippen LogP contribution in [0.3, 0.4) is 0 Å². The van der Waals surface area contributed by atoms with Crippen LogP contribution >= 0.6 is 11.6 Å². The standard InChI is InChI=1S/C12H17ClO2/c1-4-5-9(14)11-8(13)6-12(2,3)7-10(11)15/h4-7H2,1-3H3. The molecule has 0 aromatic heterocycles. The zero-order valence-corrected chi connectivity index (χ0v) is 10.3. The minimum Gasteiger partial charge on any atom is -0.294 e. The third-order valence-electron chi connectivity index (χ3n) is 2.58. The molecule has 0 aromatic carbocycles. The molecule has 1 aliphatic rings. The number of hydrogen-bond donors (Lipinski definition) is 0. The molecule has 2 nitrogen and oxygen atoms in total. The molecule has 0 spiro atoms. The van der Waals surface area contributed by atoms with E-state index >= 15 is 0 Å². The van der Waals surface area contributed by atoms with Crippen molar-refractivity contribution in [2.75, 3.05) is 0 Å². The van der Waals surface area contributed by atoms with Gasteiger partial charge in [0.25, 0.3) is 0 Å². The molecule has 0 N–H and O–H groups in total. The molecule has 0 unspecified atom stereocenters. The molecular formula is C12H17ClO2. The first-order valence-electron chi connectivity index (χ1n) is 5.32. The second kappa shape index (κ2) is 4.48. The van der Waals surface area contributed by atoms with E-state index in [2.05, 4.69) is 0 Å². The average Bonchev–Trinajstić information content (AvgIpc) is 1.99. The van der Waals surface area contributed by atoms with Crippen LogP contribution in [0.4, 0.5) is 0 Å². The van der Waals surface area contributed by atoms with Crippen molar-refractivity contribution in [3.63, 3.8) is 0 Å². The summed E-state index contributed by atoms with van der Waals surface area (Å²) >= 11 is 6.03. The molecule has 0 saturated carbocycles. The van der Waals surface area contributed by atoms with Gasteiger partial charge in [-0.05, 0) is 18.3 Å². The van der Waals surface area contributed by atoms with E-state index in [1.807, 2.05) is 20.8 Å². The predicted molar refractivity (Wildman–Crippen MR) is 60.8 cm³/mol. The van der Waals surface area contributed by atoms with Crippen LogP contribution in [-0.4, -0.2) is 11.6 Å². The van der Waals surface area contributed by atoms with Gasteiger partial charge in [-0.15, -0.1) is 0 Å². The SMILES string of the molecule is CCCC(=O)C1=C(Cl)CC(C)(C)CC1=O. The highest BCUT2D eigenvalue weighted by Crippen LogP contribution is 2.38. The zero-order chi connectivity index (χ0) is 11.6. The van der Waals surface area contributed by atoms with Gasteiger partial charge in [0.1, 0.15) is 0 Å². The highest BCUT2D eigenvalue weighted by molar-refractivity contribution is 6.37. The third kappa shape index (κ3) is 2.91. The lowest BCUT2D eigenvalue weighted by molar-refractivity contribution is -0.123. The van der Waals surface area contributed by atoms with Crippen LogP contribution in [0.2, 0.25) is 0 Å². The molecule has 0 aliphatic heterocycles. The first kappa shape index (κ1) is 12.4. The Kier molecular flexibility index (Phi) is 3.72. The largest absolute Gasteiger partial charge is 0.294 e. The Bertz CT molecular complexity index is 327. The van der Waals surface area contributed by atoms with Gasteiger partial charge in [-0.25, -0.2) is 0 Å². The third-order valence-corrected chi connectivity index (χ3v) is 2.90. The lowest BCUT2D eigenvalue weighted by atomic mass is 9.76. The van der Waals surface area contributed by atoms with Gasteiger partial charge in [-0.3, -0.25) is 9.59 Å². The Labute approximate surface area is 95.7 Å². The van der Waals surface area contributed by atoms with Crippen LogP contribution in [0, 0.1) is 5.41 Å². The van der Waals surface area contributed by atoms with E-state index in [9.17, 15) is 9.59 Å². The van der Waals surface area contributed by atoms with Gasteiger partial charge in [-0.2, -0.15) is 0 Å². The van der Waals surface area contributed by atoms with Crippen LogP contribution in [0.25, 0.3) is 0 Å². The summed E-state index contributed by atoms with van der Waals surface area (Å²) in [5.74, 6) is -0.183. The second-order valence-corrected chi connectivity index (χ2v) is 5.35. The highest BCUT2D eigenvalue weighted by atomic mass is 35.5. The Morgan fingerprint density at radius 1 is 1.40 bits per heavy atom. The smallest absolute Gasteiger partial charge is 0.168 e. The Morgan fingerprint density at radius 2 is 2.00 bits per heavy atom. The van der Waals surface area contributed by atoms with Gasteiger partial charge in [0.2, 0.25) is 0 Å². The monoisotopic (exact) mass is 228 g/mol. The summed E-state index contributed by atoms with van der Waals surface area (Å²) in [4.78, 5) is 23.4. The lowest BCUT2D eigenvalue weighted by Crippen LogP contribution is -2.27. The maximum Gasteiger partial charge on any atom is 0.168 e. The number of rotatable bonds is 3. The number of carbonyl (C=O) groups excluding carboxylic acids is 2.